The molecule has 0 atom stereocenters. The number of amides is 1. The Kier molecular flexibility index (Phi) is 4.36. The van der Waals surface area contributed by atoms with Crippen molar-refractivity contribution in [3.63, 3.8) is 0 Å². The van der Waals surface area contributed by atoms with Crippen molar-refractivity contribution < 1.29 is 9.90 Å². The largest absolute Gasteiger partial charge is 0.396 e. The molecule has 124 valence electrons. The Morgan fingerprint density at radius 3 is 2.62 bits per heavy atom. The highest BCUT2D eigenvalue weighted by atomic mass is 16.3. The van der Waals surface area contributed by atoms with Crippen molar-refractivity contribution in [1.82, 2.24) is 9.55 Å². The lowest BCUT2D eigenvalue weighted by Gasteiger charge is -2.08. The molecule has 0 aliphatic heterocycles. The number of hydrogen-bond donors (Lipinski definition) is 2. The van der Waals surface area contributed by atoms with Crippen LogP contribution < -0.4 is 5.73 Å². The summed E-state index contributed by atoms with van der Waals surface area (Å²) in [6, 6.07) is 11.8. The minimum Gasteiger partial charge on any atom is -0.396 e. The molecule has 0 saturated heterocycles. The molecule has 0 aliphatic carbocycles. The highest BCUT2D eigenvalue weighted by Gasteiger charge is 2.23. The topological polar surface area (TPSA) is 81.1 Å². The molecule has 5 heteroatoms. The molecule has 0 saturated carbocycles. The lowest BCUT2D eigenvalue weighted by molar-refractivity contribution is 0.1000. The minimum atomic E-state index is -0.455. The van der Waals surface area contributed by atoms with Gasteiger partial charge in [-0.2, -0.15) is 0 Å². The van der Waals surface area contributed by atoms with E-state index in [0.717, 1.165) is 33.5 Å². The molecule has 0 spiro atoms. The number of primary amides is 1. The zero-order valence-electron chi connectivity index (χ0n) is 13.9. The fourth-order valence-corrected chi connectivity index (χ4v) is 3.27. The van der Waals surface area contributed by atoms with E-state index < -0.39 is 5.91 Å². The Bertz CT molecular complexity index is 912. The summed E-state index contributed by atoms with van der Waals surface area (Å²) in [5.41, 5.74) is 10.3. The first-order valence-corrected chi connectivity index (χ1v) is 8.01. The fraction of sp³-hybridized carbons (Fsp3) is 0.263. The van der Waals surface area contributed by atoms with Crippen LogP contribution in [0, 0.1) is 13.8 Å². The number of pyridine rings is 1. The number of hydrogen-bond acceptors (Lipinski definition) is 3. The van der Waals surface area contributed by atoms with Crippen molar-refractivity contribution in [3.05, 3.63) is 53.3 Å². The van der Waals surface area contributed by atoms with Crippen LogP contribution in [0.1, 0.15) is 28.2 Å². The van der Waals surface area contributed by atoms with E-state index in [1.165, 1.54) is 0 Å². The molecule has 24 heavy (non-hydrogen) atoms. The number of aliphatic hydroxyl groups is 1. The second kappa shape index (κ2) is 6.45. The van der Waals surface area contributed by atoms with Crippen LogP contribution in [-0.2, 0) is 6.54 Å². The number of aliphatic hydroxyl groups excluding tert-OH is 1. The van der Waals surface area contributed by atoms with Gasteiger partial charge < -0.3 is 15.4 Å². The first-order chi connectivity index (χ1) is 11.5. The molecule has 2 heterocycles. The smallest absolute Gasteiger partial charge is 0.251 e. The maximum atomic E-state index is 12.1. The molecule has 0 fully saturated rings. The average molecular weight is 323 g/mol. The number of aromatic nitrogens is 2. The van der Waals surface area contributed by atoms with Gasteiger partial charge in [0, 0.05) is 35.5 Å². The SMILES string of the molecule is Cc1c(C(N)=O)c(-c2ccc3ccccc3n2)c(C)n1CCCO. The van der Waals surface area contributed by atoms with Crippen LogP contribution in [-0.4, -0.2) is 27.2 Å². The lowest BCUT2D eigenvalue weighted by Crippen LogP contribution is -2.14. The molecule has 0 aliphatic rings. The summed E-state index contributed by atoms with van der Waals surface area (Å²) in [6.45, 7) is 4.59. The summed E-state index contributed by atoms with van der Waals surface area (Å²) < 4.78 is 2.03. The Morgan fingerprint density at radius 1 is 1.17 bits per heavy atom. The van der Waals surface area contributed by atoms with Crippen LogP contribution in [0.2, 0.25) is 0 Å². The Morgan fingerprint density at radius 2 is 1.92 bits per heavy atom. The van der Waals surface area contributed by atoms with Gasteiger partial charge in [0.25, 0.3) is 5.91 Å². The second-order valence-electron chi connectivity index (χ2n) is 5.90. The molecule has 2 aromatic heterocycles. The number of rotatable bonds is 5. The zero-order valence-corrected chi connectivity index (χ0v) is 13.9. The van der Waals surface area contributed by atoms with Crippen LogP contribution in [0.3, 0.4) is 0 Å². The molecule has 0 bridgehead atoms. The van der Waals surface area contributed by atoms with Crippen LogP contribution in [0.15, 0.2) is 36.4 Å². The molecule has 1 amide bonds. The van der Waals surface area contributed by atoms with Gasteiger partial charge in [-0.15, -0.1) is 0 Å². The Hall–Kier alpha value is -2.66. The Labute approximate surface area is 140 Å². The number of benzene rings is 1. The summed E-state index contributed by atoms with van der Waals surface area (Å²) in [5.74, 6) is -0.455. The van der Waals surface area contributed by atoms with E-state index in [9.17, 15) is 4.79 Å². The highest BCUT2D eigenvalue weighted by molar-refractivity contribution is 6.02. The molecular weight excluding hydrogens is 302 g/mol. The monoisotopic (exact) mass is 323 g/mol. The summed E-state index contributed by atoms with van der Waals surface area (Å²) in [7, 11) is 0. The van der Waals surface area contributed by atoms with E-state index in [1.54, 1.807) is 0 Å². The number of nitrogens with two attached hydrogens (primary N) is 1. The standard InChI is InChI=1S/C19H21N3O2/c1-12-17(16-9-8-14-6-3-4-7-15(14)21-16)18(19(20)24)13(2)22(12)10-5-11-23/h3-4,6-9,23H,5,10-11H2,1-2H3,(H2,20,24). The van der Waals surface area contributed by atoms with E-state index in [0.29, 0.717) is 18.5 Å². The molecule has 0 unspecified atom stereocenters. The van der Waals surface area contributed by atoms with Crippen molar-refractivity contribution >= 4 is 16.8 Å². The molecule has 3 N–H and O–H groups in total. The van der Waals surface area contributed by atoms with Crippen molar-refractivity contribution in [2.75, 3.05) is 6.61 Å². The predicted octanol–water partition coefficient (Wildman–Crippen LogP) is 2.80. The quantitative estimate of drug-likeness (QED) is 0.757. The number of carbonyl (C=O) groups is 1. The van der Waals surface area contributed by atoms with Gasteiger partial charge in [0.15, 0.2) is 0 Å². The van der Waals surface area contributed by atoms with Gasteiger partial charge >= 0.3 is 0 Å². The molecule has 5 nitrogen and oxygen atoms in total. The third-order valence-corrected chi connectivity index (χ3v) is 4.42. The van der Waals surface area contributed by atoms with Gasteiger partial charge in [-0.05, 0) is 32.4 Å². The zero-order chi connectivity index (χ0) is 17.3. The number of fused-ring (bicyclic) bond motifs is 1. The Balaban J connectivity index is 2.22. The highest BCUT2D eigenvalue weighted by Crippen LogP contribution is 2.32. The lowest BCUT2D eigenvalue weighted by atomic mass is 10.0. The number of para-hydroxylation sites is 1. The molecule has 3 aromatic rings. The van der Waals surface area contributed by atoms with Crippen molar-refractivity contribution in [2.45, 2.75) is 26.8 Å². The van der Waals surface area contributed by atoms with E-state index in [2.05, 4.69) is 0 Å². The molecule has 3 rings (SSSR count). The van der Waals surface area contributed by atoms with Crippen molar-refractivity contribution in [3.8, 4) is 11.3 Å². The summed E-state index contributed by atoms with van der Waals surface area (Å²) in [6.07, 6.45) is 0.624. The van der Waals surface area contributed by atoms with Gasteiger partial charge in [-0.25, -0.2) is 4.98 Å². The third kappa shape index (κ3) is 2.67. The maximum absolute atomic E-state index is 12.1. The van der Waals surface area contributed by atoms with Crippen molar-refractivity contribution in [2.24, 2.45) is 5.73 Å². The van der Waals surface area contributed by atoms with Gasteiger partial charge in [0.2, 0.25) is 0 Å². The third-order valence-electron chi connectivity index (χ3n) is 4.42. The summed E-state index contributed by atoms with van der Waals surface area (Å²) in [4.78, 5) is 16.8. The average Bonchev–Trinajstić information content (AvgIpc) is 2.83. The predicted molar refractivity (Wildman–Crippen MR) is 94.9 cm³/mol. The first-order valence-electron chi connectivity index (χ1n) is 8.01. The summed E-state index contributed by atoms with van der Waals surface area (Å²) in [5, 5.41) is 10.2. The van der Waals surface area contributed by atoms with Gasteiger partial charge in [-0.1, -0.05) is 24.3 Å². The van der Waals surface area contributed by atoms with Gasteiger partial charge in [0.05, 0.1) is 16.8 Å². The minimum absolute atomic E-state index is 0.104. The van der Waals surface area contributed by atoms with Crippen LogP contribution in [0.5, 0.6) is 0 Å². The second-order valence-corrected chi connectivity index (χ2v) is 5.90. The van der Waals surface area contributed by atoms with E-state index in [-0.39, 0.29) is 6.61 Å². The van der Waals surface area contributed by atoms with Crippen LogP contribution in [0.25, 0.3) is 22.2 Å². The molecular formula is C19H21N3O2. The van der Waals surface area contributed by atoms with Gasteiger partial charge in [-0.3, -0.25) is 4.79 Å². The van der Waals surface area contributed by atoms with E-state index in [4.69, 9.17) is 15.8 Å². The normalized spacial score (nSPS) is 11.1. The molecule has 0 radical (unpaired) electrons. The van der Waals surface area contributed by atoms with E-state index >= 15 is 0 Å². The number of carbonyl (C=O) groups excluding carboxylic acids is 1. The van der Waals surface area contributed by atoms with Gasteiger partial charge in [0.1, 0.15) is 0 Å². The maximum Gasteiger partial charge on any atom is 0.251 e. The van der Waals surface area contributed by atoms with Crippen LogP contribution >= 0.6 is 0 Å². The van der Waals surface area contributed by atoms with Crippen molar-refractivity contribution in [1.29, 1.82) is 0 Å². The number of nitrogens with zero attached hydrogens (tertiary/aromatic N) is 2. The first kappa shape index (κ1) is 16.2. The van der Waals surface area contributed by atoms with E-state index in [1.807, 2.05) is 54.8 Å². The summed E-state index contributed by atoms with van der Waals surface area (Å²) >= 11 is 0. The van der Waals surface area contributed by atoms with Crippen LogP contribution in [0.4, 0.5) is 0 Å². The fourth-order valence-electron chi connectivity index (χ4n) is 3.27. The molecule has 1 aromatic carbocycles.